The zero-order valence-corrected chi connectivity index (χ0v) is 14.0. The molecule has 0 heterocycles. The number of benzene rings is 2. The number of rotatable bonds is 6. The first-order chi connectivity index (χ1) is 11.4. The van der Waals surface area contributed by atoms with Gasteiger partial charge in [-0.15, -0.1) is 0 Å². The van der Waals surface area contributed by atoms with E-state index in [9.17, 15) is 13.2 Å². The Kier molecular flexibility index (Phi) is 5.55. The van der Waals surface area contributed by atoms with Crippen molar-refractivity contribution in [1.29, 1.82) is 5.26 Å². The Morgan fingerprint density at radius 3 is 2.29 bits per heavy atom. The van der Waals surface area contributed by atoms with Crippen molar-refractivity contribution < 1.29 is 13.2 Å². The first-order valence-electron chi connectivity index (χ1n) is 7.23. The molecule has 1 N–H and O–H groups in total. The van der Waals surface area contributed by atoms with Crippen molar-refractivity contribution in [2.24, 2.45) is 0 Å². The quantitative estimate of drug-likeness (QED) is 0.865. The van der Waals surface area contributed by atoms with Crippen LogP contribution in [0.2, 0.25) is 0 Å². The average Bonchev–Trinajstić information content (AvgIpc) is 2.58. The summed E-state index contributed by atoms with van der Waals surface area (Å²) in [6, 6.07) is 16.9. The molecule has 0 aliphatic rings. The molecule has 0 aliphatic carbocycles. The van der Waals surface area contributed by atoms with Crippen LogP contribution in [0.5, 0.6) is 0 Å². The molecule has 0 radical (unpaired) electrons. The van der Waals surface area contributed by atoms with E-state index in [-0.39, 0.29) is 19.0 Å². The number of carbonyl (C=O) groups is 1. The van der Waals surface area contributed by atoms with Gasteiger partial charge < -0.3 is 5.32 Å². The largest absolute Gasteiger partial charge is 0.350 e. The molecule has 0 aliphatic heterocycles. The topological polar surface area (TPSA) is 90.3 Å². The molecular formula is C17H17N3O3S. The summed E-state index contributed by atoms with van der Waals surface area (Å²) in [6.45, 7) is 0.268. The van der Waals surface area contributed by atoms with E-state index >= 15 is 0 Å². The second-order valence-electron chi connectivity index (χ2n) is 5.12. The Labute approximate surface area is 141 Å². The fourth-order valence-electron chi connectivity index (χ4n) is 2.15. The molecule has 0 saturated carbocycles. The number of hydrogen-bond donors (Lipinski definition) is 1. The van der Waals surface area contributed by atoms with Gasteiger partial charge in [0.2, 0.25) is 10.0 Å². The Hall–Kier alpha value is -2.85. The van der Waals surface area contributed by atoms with E-state index in [0.717, 1.165) is 6.26 Å². The molecule has 0 unspecified atom stereocenters. The third-order valence-electron chi connectivity index (χ3n) is 3.32. The van der Waals surface area contributed by atoms with Crippen molar-refractivity contribution in [3.8, 4) is 6.07 Å². The summed E-state index contributed by atoms with van der Waals surface area (Å²) in [7, 11) is -3.50. The lowest BCUT2D eigenvalue weighted by molar-refractivity contribution is 0.0955. The first kappa shape index (κ1) is 17.5. The number of carbonyl (C=O) groups excluding carboxylic acids is 1. The minimum absolute atomic E-state index is 0.101. The van der Waals surface area contributed by atoms with Crippen molar-refractivity contribution in [3.05, 3.63) is 65.7 Å². The van der Waals surface area contributed by atoms with E-state index in [4.69, 9.17) is 5.26 Å². The molecule has 6 nitrogen and oxygen atoms in total. The fourth-order valence-corrected chi connectivity index (χ4v) is 3.08. The predicted molar refractivity (Wildman–Crippen MR) is 92.1 cm³/mol. The van der Waals surface area contributed by atoms with Crippen LogP contribution in [0, 0.1) is 11.3 Å². The molecule has 0 aromatic heterocycles. The molecule has 0 atom stereocenters. The Balaban J connectivity index is 2.05. The molecular weight excluding hydrogens is 326 g/mol. The minimum atomic E-state index is -3.50. The highest BCUT2D eigenvalue weighted by Crippen LogP contribution is 2.17. The molecule has 0 fully saturated rings. The van der Waals surface area contributed by atoms with E-state index in [1.807, 2.05) is 12.1 Å². The summed E-state index contributed by atoms with van der Waals surface area (Å²) in [6.07, 6.45) is 1.10. The highest BCUT2D eigenvalue weighted by atomic mass is 32.2. The van der Waals surface area contributed by atoms with Gasteiger partial charge in [0.25, 0.3) is 5.91 Å². The number of anilines is 1. The summed E-state index contributed by atoms with van der Waals surface area (Å²) >= 11 is 0. The van der Waals surface area contributed by atoms with Crippen molar-refractivity contribution >= 4 is 21.6 Å². The molecule has 7 heteroatoms. The monoisotopic (exact) mass is 343 g/mol. The smallest absolute Gasteiger partial charge is 0.251 e. The number of sulfonamides is 1. The summed E-state index contributed by atoms with van der Waals surface area (Å²) in [5.41, 5.74) is 1.41. The van der Waals surface area contributed by atoms with Crippen LogP contribution < -0.4 is 9.62 Å². The molecule has 1 amide bonds. The minimum Gasteiger partial charge on any atom is -0.350 e. The van der Waals surface area contributed by atoms with Crippen LogP contribution in [0.1, 0.15) is 15.9 Å². The molecule has 24 heavy (non-hydrogen) atoms. The third kappa shape index (κ3) is 4.57. The van der Waals surface area contributed by atoms with Crippen LogP contribution in [-0.2, 0) is 10.0 Å². The van der Waals surface area contributed by atoms with Gasteiger partial charge in [0, 0.05) is 12.1 Å². The van der Waals surface area contributed by atoms with Gasteiger partial charge in [0.15, 0.2) is 0 Å². The van der Waals surface area contributed by atoms with Crippen molar-refractivity contribution in [2.45, 2.75) is 0 Å². The van der Waals surface area contributed by atoms with Gasteiger partial charge in [-0.05, 0) is 36.4 Å². The molecule has 2 aromatic rings. The molecule has 2 rings (SSSR count). The maximum atomic E-state index is 12.0. The van der Waals surface area contributed by atoms with Gasteiger partial charge in [0.05, 0.1) is 30.1 Å². The summed E-state index contributed by atoms with van der Waals surface area (Å²) < 4.78 is 25.2. The van der Waals surface area contributed by atoms with Crippen LogP contribution in [0.4, 0.5) is 5.69 Å². The van der Waals surface area contributed by atoms with Crippen LogP contribution >= 0.6 is 0 Å². The van der Waals surface area contributed by atoms with Crippen LogP contribution in [0.15, 0.2) is 54.6 Å². The van der Waals surface area contributed by atoms with Gasteiger partial charge in [-0.25, -0.2) is 8.42 Å². The Morgan fingerprint density at radius 2 is 1.75 bits per heavy atom. The number of nitrogens with zero attached hydrogens (tertiary/aromatic N) is 2. The molecule has 2 aromatic carbocycles. The van der Waals surface area contributed by atoms with Gasteiger partial charge in [-0.3, -0.25) is 9.10 Å². The van der Waals surface area contributed by atoms with Crippen LogP contribution in [0.25, 0.3) is 0 Å². The first-order valence-corrected chi connectivity index (χ1v) is 9.08. The second-order valence-corrected chi connectivity index (χ2v) is 7.02. The lowest BCUT2D eigenvalue weighted by Gasteiger charge is -2.22. The summed E-state index contributed by atoms with van der Waals surface area (Å²) in [5, 5.41) is 11.5. The summed E-state index contributed by atoms with van der Waals surface area (Å²) in [4.78, 5) is 12.0. The van der Waals surface area contributed by atoms with Crippen molar-refractivity contribution in [1.82, 2.24) is 5.32 Å². The summed E-state index contributed by atoms with van der Waals surface area (Å²) in [5.74, 6) is -0.260. The predicted octanol–water partition coefficient (Wildman–Crippen LogP) is 1.75. The van der Waals surface area contributed by atoms with E-state index in [0.29, 0.717) is 16.8 Å². The van der Waals surface area contributed by atoms with Gasteiger partial charge in [0.1, 0.15) is 0 Å². The highest BCUT2D eigenvalue weighted by molar-refractivity contribution is 7.92. The number of hydrogen-bond acceptors (Lipinski definition) is 4. The maximum Gasteiger partial charge on any atom is 0.251 e. The molecule has 0 bridgehead atoms. The Bertz CT molecular complexity index is 841. The van der Waals surface area contributed by atoms with Gasteiger partial charge >= 0.3 is 0 Å². The average molecular weight is 343 g/mol. The fraction of sp³-hybridized carbons (Fsp3) is 0.176. The standard InChI is InChI=1S/C17H17N3O3S/c1-24(22,23)20(16-9-7-14(13-18)8-10-16)12-11-19-17(21)15-5-3-2-4-6-15/h2-10H,11-12H2,1H3,(H,19,21). The van der Waals surface area contributed by atoms with E-state index < -0.39 is 10.0 Å². The number of amides is 1. The number of nitriles is 1. The Morgan fingerprint density at radius 1 is 1.12 bits per heavy atom. The molecule has 0 saturated heterocycles. The van der Waals surface area contributed by atoms with Gasteiger partial charge in [-0.2, -0.15) is 5.26 Å². The molecule has 124 valence electrons. The molecule has 0 spiro atoms. The SMILES string of the molecule is CS(=O)(=O)N(CCNC(=O)c1ccccc1)c1ccc(C#N)cc1. The van der Waals surface area contributed by atoms with E-state index in [1.165, 1.54) is 4.31 Å². The van der Waals surface area contributed by atoms with E-state index in [2.05, 4.69) is 5.32 Å². The third-order valence-corrected chi connectivity index (χ3v) is 4.52. The lowest BCUT2D eigenvalue weighted by atomic mass is 10.2. The van der Waals surface area contributed by atoms with Crippen molar-refractivity contribution in [3.63, 3.8) is 0 Å². The zero-order chi connectivity index (χ0) is 17.6. The highest BCUT2D eigenvalue weighted by Gasteiger charge is 2.17. The van der Waals surface area contributed by atoms with E-state index in [1.54, 1.807) is 48.5 Å². The normalized spacial score (nSPS) is 10.7. The number of nitrogens with one attached hydrogen (secondary N) is 1. The van der Waals surface area contributed by atoms with Crippen LogP contribution in [0.3, 0.4) is 0 Å². The van der Waals surface area contributed by atoms with Gasteiger partial charge in [-0.1, -0.05) is 18.2 Å². The lowest BCUT2D eigenvalue weighted by Crippen LogP contribution is -2.38. The zero-order valence-electron chi connectivity index (χ0n) is 13.1. The van der Waals surface area contributed by atoms with Crippen molar-refractivity contribution in [2.75, 3.05) is 23.7 Å². The van der Waals surface area contributed by atoms with Crippen LogP contribution in [-0.4, -0.2) is 33.7 Å². The second kappa shape index (κ2) is 7.62. The maximum absolute atomic E-state index is 12.0.